The monoisotopic (exact) mass is 270 g/mol. The Morgan fingerprint density at radius 3 is 2.36 bits per heavy atom. The van der Waals surface area contributed by atoms with Crippen LogP contribution in [-0.2, 0) is 4.74 Å². The van der Waals surface area contributed by atoms with Crippen LogP contribution in [0.4, 0.5) is 0 Å². The summed E-state index contributed by atoms with van der Waals surface area (Å²) in [4.78, 5) is 0. The van der Waals surface area contributed by atoms with Gasteiger partial charge in [-0.3, -0.25) is 0 Å². The van der Waals surface area contributed by atoms with Crippen LogP contribution in [-0.4, -0.2) is 34.6 Å². The molecular weight excluding hydrogens is 259 g/mol. The molecule has 0 aromatic heterocycles. The van der Waals surface area contributed by atoms with E-state index in [4.69, 9.17) is 4.74 Å². The number of ether oxygens (including phenoxy) is 1. The van der Waals surface area contributed by atoms with Crippen LogP contribution in [0.1, 0.15) is 6.92 Å². The second kappa shape index (κ2) is 3.84. The highest BCUT2D eigenvalue weighted by molar-refractivity contribution is 14.1. The Hall–Kier alpha value is 0.350. The Kier molecular flexibility index (Phi) is 3.29. The fraction of sp³-hybridized carbons (Fsp3) is 0.714. The number of hydrogen-bond acceptors (Lipinski definition) is 3. The highest BCUT2D eigenvalue weighted by Gasteiger charge is 2.38. The second-order valence-corrected chi connectivity index (χ2v) is 3.32. The maximum absolute atomic E-state index is 9.33. The van der Waals surface area contributed by atoms with E-state index in [0.717, 1.165) is 0 Å². The number of aliphatic hydroxyl groups is 2. The molecule has 0 spiro atoms. The van der Waals surface area contributed by atoms with Gasteiger partial charge >= 0.3 is 0 Å². The van der Waals surface area contributed by atoms with E-state index >= 15 is 0 Å². The summed E-state index contributed by atoms with van der Waals surface area (Å²) in [6.45, 7) is 1.74. The molecule has 0 aliphatic carbocycles. The van der Waals surface area contributed by atoms with E-state index in [1.807, 2.05) is 22.6 Å². The fourth-order valence-electron chi connectivity index (χ4n) is 1.11. The van der Waals surface area contributed by atoms with Crippen molar-refractivity contribution in [1.29, 1.82) is 0 Å². The summed E-state index contributed by atoms with van der Waals surface area (Å²) in [5.41, 5.74) is 0. The van der Waals surface area contributed by atoms with E-state index in [-0.39, 0.29) is 12.2 Å². The van der Waals surface area contributed by atoms with E-state index in [2.05, 4.69) is 0 Å². The minimum Gasteiger partial charge on any atom is -0.388 e. The standard InChI is InChI=1S/C7H11IO3/c1-4-6(9)7(10)5(11-4)2-3-8/h2-7,9-10H,1H3/b3-2-/t4-,5+,6?,7-/m0/s1. The highest BCUT2D eigenvalue weighted by Crippen LogP contribution is 2.21. The minimum absolute atomic E-state index is 0.275. The van der Waals surface area contributed by atoms with Gasteiger partial charge in [-0.25, -0.2) is 0 Å². The van der Waals surface area contributed by atoms with Crippen molar-refractivity contribution < 1.29 is 14.9 Å². The number of halogens is 1. The predicted molar refractivity (Wildman–Crippen MR) is 49.5 cm³/mol. The zero-order valence-corrected chi connectivity index (χ0v) is 8.30. The van der Waals surface area contributed by atoms with E-state index in [1.165, 1.54) is 0 Å². The Morgan fingerprint density at radius 2 is 2.00 bits per heavy atom. The highest BCUT2D eigenvalue weighted by atomic mass is 127. The third-order valence-electron chi connectivity index (χ3n) is 1.80. The summed E-state index contributed by atoms with van der Waals surface area (Å²) >= 11 is 2.05. The topological polar surface area (TPSA) is 49.7 Å². The van der Waals surface area contributed by atoms with Gasteiger partial charge in [-0.1, -0.05) is 22.6 Å². The van der Waals surface area contributed by atoms with Crippen molar-refractivity contribution in [2.75, 3.05) is 0 Å². The van der Waals surface area contributed by atoms with Gasteiger partial charge in [-0.2, -0.15) is 0 Å². The number of aliphatic hydroxyl groups excluding tert-OH is 2. The van der Waals surface area contributed by atoms with Crippen molar-refractivity contribution in [2.24, 2.45) is 0 Å². The Labute approximate surface area is 79.2 Å². The van der Waals surface area contributed by atoms with Crippen molar-refractivity contribution in [1.82, 2.24) is 0 Å². The molecule has 0 bridgehead atoms. The molecule has 64 valence electrons. The van der Waals surface area contributed by atoms with Gasteiger partial charge < -0.3 is 14.9 Å². The van der Waals surface area contributed by atoms with Gasteiger partial charge in [0.05, 0.1) is 6.10 Å². The quantitative estimate of drug-likeness (QED) is 0.680. The van der Waals surface area contributed by atoms with Gasteiger partial charge in [-0.15, -0.1) is 0 Å². The molecule has 0 aromatic rings. The van der Waals surface area contributed by atoms with Crippen LogP contribution in [0, 0.1) is 0 Å². The summed E-state index contributed by atoms with van der Waals surface area (Å²) in [7, 11) is 0. The van der Waals surface area contributed by atoms with Gasteiger partial charge in [-0.05, 0) is 17.1 Å². The molecule has 2 N–H and O–H groups in total. The lowest BCUT2D eigenvalue weighted by molar-refractivity contribution is 0.0316. The molecule has 4 atom stereocenters. The SMILES string of the molecule is C[C@@H]1O[C@H](/C=C\I)[C@H](O)C1O. The molecule has 0 aromatic carbocycles. The molecule has 1 saturated heterocycles. The molecule has 0 radical (unpaired) electrons. The summed E-state index contributed by atoms with van der Waals surface area (Å²) in [6.07, 6.45) is -0.430. The van der Waals surface area contributed by atoms with Crippen molar-refractivity contribution in [3.05, 3.63) is 10.2 Å². The number of rotatable bonds is 1. The van der Waals surface area contributed by atoms with E-state index in [1.54, 1.807) is 17.1 Å². The Balaban J connectivity index is 2.59. The lowest BCUT2D eigenvalue weighted by atomic mass is 10.1. The molecule has 0 saturated carbocycles. The van der Waals surface area contributed by atoms with Crippen molar-refractivity contribution in [3.63, 3.8) is 0 Å². The first-order valence-electron chi connectivity index (χ1n) is 3.45. The second-order valence-electron chi connectivity index (χ2n) is 2.61. The normalized spacial score (nSPS) is 45.5. The van der Waals surface area contributed by atoms with Crippen LogP contribution >= 0.6 is 22.6 Å². The largest absolute Gasteiger partial charge is 0.388 e. The summed E-state index contributed by atoms with van der Waals surface area (Å²) in [6, 6.07) is 0. The average Bonchev–Trinajstić information content (AvgIpc) is 2.19. The van der Waals surface area contributed by atoms with Crippen LogP contribution in [0.25, 0.3) is 0 Å². The zero-order chi connectivity index (χ0) is 8.43. The Morgan fingerprint density at radius 1 is 1.36 bits per heavy atom. The lowest BCUT2D eigenvalue weighted by Gasteiger charge is -2.09. The van der Waals surface area contributed by atoms with E-state index in [0.29, 0.717) is 0 Å². The summed E-state index contributed by atoms with van der Waals surface area (Å²) in [5.74, 6) is 0. The van der Waals surface area contributed by atoms with Crippen LogP contribution in [0.5, 0.6) is 0 Å². The predicted octanol–water partition coefficient (Wildman–Crippen LogP) is 0.444. The summed E-state index contributed by atoms with van der Waals surface area (Å²) in [5, 5.41) is 18.6. The average molecular weight is 270 g/mol. The van der Waals surface area contributed by atoms with Crippen molar-refractivity contribution >= 4 is 22.6 Å². The smallest absolute Gasteiger partial charge is 0.112 e. The number of hydrogen-bond donors (Lipinski definition) is 2. The molecule has 11 heavy (non-hydrogen) atoms. The third kappa shape index (κ3) is 1.93. The molecule has 1 heterocycles. The molecule has 3 nitrogen and oxygen atoms in total. The Bertz CT molecular complexity index is 160. The van der Waals surface area contributed by atoms with Crippen molar-refractivity contribution in [2.45, 2.75) is 31.3 Å². The van der Waals surface area contributed by atoms with Gasteiger partial charge in [0.15, 0.2) is 0 Å². The first-order chi connectivity index (χ1) is 5.16. The molecule has 1 rings (SSSR count). The zero-order valence-electron chi connectivity index (χ0n) is 6.14. The first kappa shape index (κ1) is 9.44. The van der Waals surface area contributed by atoms with Gasteiger partial charge in [0, 0.05) is 0 Å². The van der Waals surface area contributed by atoms with E-state index < -0.39 is 12.2 Å². The van der Waals surface area contributed by atoms with Gasteiger partial charge in [0.2, 0.25) is 0 Å². The van der Waals surface area contributed by atoms with Gasteiger partial charge in [0.25, 0.3) is 0 Å². The molecule has 1 aliphatic heterocycles. The fourth-order valence-corrected chi connectivity index (χ4v) is 1.52. The first-order valence-corrected chi connectivity index (χ1v) is 4.70. The minimum atomic E-state index is -0.781. The van der Waals surface area contributed by atoms with Crippen LogP contribution in [0.15, 0.2) is 10.2 Å². The molecule has 1 fully saturated rings. The van der Waals surface area contributed by atoms with Gasteiger partial charge in [0.1, 0.15) is 18.3 Å². The van der Waals surface area contributed by atoms with Crippen LogP contribution in [0.2, 0.25) is 0 Å². The maximum Gasteiger partial charge on any atom is 0.112 e. The molecule has 1 aliphatic rings. The third-order valence-corrected chi connectivity index (χ3v) is 2.22. The summed E-state index contributed by atoms with van der Waals surface area (Å²) < 4.78 is 7.01. The molecule has 0 amide bonds. The van der Waals surface area contributed by atoms with Crippen molar-refractivity contribution in [3.8, 4) is 0 Å². The molecule has 4 heteroatoms. The lowest BCUT2D eigenvalue weighted by Crippen LogP contribution is -2.30. The van der Waals surface area contributed by atoms with E-state index in [9.17, 15) is 10.2 Å². The van der Waals surface area contributed by atoms with Crippen LogP contribution in [0.3, 0.4) is 0 Å². The molecular formula is C7H11IO3. The maximum atomic E-state index is 9.33. The molecule has 1 unspecified atom stereocenters. The van der Waals surface area contributed by atoms with Crippen LogP contribution < -0.4 is 0 Å².